The molecule has 0 fully saturated rings. The summed E-state index contributed by atoms with van der Waals surface area (Å²) in [7, 11) is 2.73. The van der Waals surface area contributed by atoms with E-state index in [-0.39, 0.29) is 17.0 Å². The molecular weight excluding hydrogens is 183 g/mol. The van der Waals surface area contributed by atoms with Gasteiger partial charge in [-0.25, -0.2) is 0 Å². The highest BCUT2D eigenvalue weighted by molar-refractivity contribution is 8.93. The standard InChI is InChI=1S/C6H13P.BrH/c1-5(2)4-6(3)7;/h4,6H,7H2,1-3H3;1H. The van der Waals surface area contributed by atoms with Gasteiger partial charge in [-0.05, 0) is 19.5 Å². The molecule has 0 bridgehead atoms. The highest BCUT2D eigenvalue weighted by Gasteiger charge is 1.82. The maximum absolute atomic E-state index is 2.73. The quantitative estimate of drug-likeness (QED) is 0.447. The Labute approximate surface area is 64.7 Å². The Kier molecular flexibility index (Phi) is 8.27. The average Bonchev–Trinajstić information content (AvgIpc) is 1.27. The van der Waals surface area contributed by atoms with Crippen LogP contribution in [0.5, 0.6) is 0 Å². The van der Waals surface area contributed by atoms with Crippen molar-refractivity contribution in [1.29, 1.82) is 0 Å². The first-order valence-electron chi connectivity index (χ1n) is 2.53. The molecule has 0 aromatic heterocycles. The van der Waals surface area contributed by atoms with E-state index in [4.69, 9.17) is 0 Å². The zero-order chi connectivity index (χ0) is 5.86. The first-order valence-corrected chi connectivity index (χ1v) is 3.20. The van der Waals surface area contributed by atoms with Crippen molar-refractivity contribution < 1.29 is 0 Å². The van der Waals surface area contributed by atoms with Crippen LogP contribution in [0.4, 0.5) is 0 Å². The van der Waals surface area contributed by atoms with Crippen LogP contribution >= 0.6 is 26.2 Å². The van der Waals surface area contributed by atoms with Crippen LogP contribution in [-0.2, 0) is 0 Å². The fourth-order valence-corrected chi connectivity index (χ4v) is 0.911. The van der Waals surface area contributed by atoms with Gasteiger partial charge in [0.15, 0.2) is 0 Å². The minimum Gasteiger partial charge on any atom is -0.131 e. The molecule has 0 saturated heterocycles. The second-order valence-electron chi connectivity index (χ2n) is 2.10. The second kappa shape index (κ2) is 5.78. The SMILES string of the molecule is Br.CC(C)=CC(C)P. The summed E-state index contributed by atoms with van der Waals surface area (Å²) in [6.07, 6.45) is 2.21. The van der Waals surface area contributed by atoms with Crippen molar-refractivity contribution in [3.63, 3.8) is 0 Å². The number of hydrogen-bond acceptors (Lipinski definition) is 0. The van der Waals surface area contributed by atoms with Gasteiger partial charge in [-0.15, -0.1) is 26.2 Å². The van der Waals surface area contributed by atoms with Crippen LogP contribution in [0.15, 0.2) is 11.6 Å². The smallest absolute Gasteiger partial charge is 0.0111 e. The lowest BCUT2D eigenvalue weighted by atomic mass is 10.3. The van der Waals surface area contributed by atoms with E-state index in [1.807, 2.05) is 0 Å². The minimum absolute atomic E-state index is 0. The van der Waals surface area contributed by atoms with Crippen LogP contribution in [0.1, 0.15) is 20.8 Å². The molecule has 0 heterocycles. The van der Waals surface area contributed by atoms with Crippen molar-refractivity contribution in [3.05, 3.63) is 11.6 Å². The van der Waals surface area contributed by atoms with Crippen LogP contribution in [-0.4, -0.2) is 5.66 Å². The van der Waals surface area contributed by atoms with Gasteiger partial charge in [0.2, 0.25) is 0 Å². The van der Waals surface area contributed by atoms with Crippen LogP contribution < -0.4 is 0 Å². The molecule has 8 heavy (non-hydrogen) atoms. The Morgan fingerprint density at radius 2 is 1.88 bits per heavy atom. The molecule has 0 amide bonds. The van der Waals surface area contributed by atoms with Gasteiger partial charge in [0.1, 0.15) is 0 Å². The molecule has 50 valence electrons. The number of hydrogen-bond donors (Lipinski definition) is 0. The largest absolute Gasteiger partial charge is 0.131 e. The van der Waals surface area contributed by atoms with Crippen LogP contribution in [0, 0.1) is 0 Å². The summed E-state index contributed by atoms with van der Waals surface area (Å²) in [6.45, 7) is 6.37. The van der Waals surface area contributed by atoms with E-state index in [2.05, 4.69) is 36.1 Å². The molecule has 0 saturated carbocycles. The normalized spacial score (nSPS) is 11.5. The first kappa shape index (κ1) is 11.4. The lowest BCUT2D eigenvalue weighted by molar-refractivity contribution is 1.20. The molecule has 0 aliphatic rings. The van der Waals surface area contributed by atoms with Crippen LogP contribution in [0.2, 0.25) is 0 Å². The van der Waals surface area contributed by atoms with Crippen molar-refractivity contribution >= 4 is 26.2 Å². The summed E-state index contributed by atoms with van der Waals surface area (Å²) in [4.78, 5) is 0. The maximum atomic E-state index is 2.73. The molecule has 0 radical (unpaired) electrons. The van der Waals surface area contributed by atoms with Crippen LogP contribution in [0.3, 0.4) is 0 Å². The highest BCUT2D eigenvalue weighted by atomic mass is 79.9. The monoisotopic (exact) mass is 196 g/mol. The van der Waals surface area contributed by atoms with E-state index in [1.54, 1.807) is 0 Å². The van der Waals surface area contributed by atoms with E-state index in [9.17, 15) is 0 Å². The zero-order valence-electron chi connectivity index (χ0n) is 5.64. The fourth-order valence-electron chi connectivity index (χ4n) is 0.526. The molecule has 0 spiro atoms. The average molecular weight is 197 g/mol. The van der Waals surface area contributed by atoms with E-state index in [0.717, 1.165) is 0 Å². The summed E-state index contributed by atoms with van der Waals surface area (Å²) < 4.78 is 0. The summed E-state index contributed by atoms with van der Waals surface area (Å²) >= 11 is 0. The number of rotatable bonds is 1. The summed E-state index contributed by atoms with van der Waals surface area (Å²) in [5.74, 6) is 0. The molecule has 0 rings (SSSR count). The van der Waals surface area contributed by atoms with E-state index in [0.29, 0.717) is 5.66 Å². The third-order valence-corrected chi connectivity index (χ3v) is 0.789. The minimum atomic E-state index is 0. The molecule has 0 aromatic carbocycles. The summed E-state index contributed by atoms with van der Waals surface area (Å²) in [5.41, 5.74) is 2.02. The van der Waals surface area contributed by atoms with Crippen molar-refractivity contribution in [1.82, 2.24) is 0 Å². The molecular formula is C6H14BrP. The fraction of sp³-hybridized carbons (Fsp3) is 0.667. The van der Waals surface area contributed by atoms with Crippen molar-refractivity contribution in [2.45, 2.75) is 26.4 Å². The van der Waals surface area contributed by atoms with Crippen molar-refractivity contribution in [2.24, 2.45) is 0 Å². The highest BCUT2D eigenvalue weighted by Crippen LogP contribution is 2.02. The molecule has 2 heteroatoms. The lowest BCUT2D eigenvalue weighted by Crippen LogP contribution is -1.80. The Hall–Kier alpha value is 0.650. The van der Waals surface area contributed by atoms with E-state index < -0.39 is 0 Å². The molecule has 0 aromatic rings. The molecule has 0 aliphatic heterocycles. The van der Waals surface area contributed by atoms with Gasteiger partial charge in [0, 0.05) is 0 Å². The third-order valence-electron chi connectivity index (χ3n) is 0.596. The Morgan fingerprint density at radius 1 is 1.50 bits per heavy atom. The Morgan fingerprint density at radius 3 is 1.88 bits per heavy atom. The molecule has 0 nitrogen and oxygen atoms in total. The second-order valence-corrected chi connectivity index (χ2v) is 3.15. The van der Waals surface area contributed by atoms with E-state index >= 15 is 0 Å². The summed E-state index contributed by atoms with van der Waals surface area (Å²) in [6, 6.07) is 0. The van der Waals surface area contributed by atoms with Crippen LogP contribution in [0.25, 0.3) is 0 Å². The Balaban J connectivity index is 0. The number of allylic oxidation sites excluding steroid dienone is 2. The molecule has 2 unspecified atom stereocenters. The van der Waals surface area contributed by atoms with Crippen molar-refractivity contribution in [3.8, 4) is 0 Å². The van der Waals surface area contributed by atoms with Gasteiger partial charge < -0.3 is 0 Å². The van der Waals surface area contributed by atoms with Gasteiger partial charge in [0.05, 0.1) is 0 Å². The maximum Gasteiger partial charge on any atom is -0.0111 e. The van der Waals surface area contributed by atoms with Gasteiger partial charge in [-0.1, -0.05) is 18.6 Å². The summed E-state index contributed by atoms with van der Waals surface area (Å²) in [5, 5.41) is 0. The van der Waals surface area contributed by atoms with Gasteiger partial charge in [-0.2, -0.15) is 0 Å². The van der Waals surface area contributed by atoms with E-state index in [1.165, 1.54) is 5.57 Å². The molecule has 2 atom stereocenters. The first-order chi connectivity index (χ1) is 3.13. The zero-order valence-corrected chi connectivity index (χ0v) is 8.51. The molecule has 0 aliphatic carbocycles. The Bertz CT molecular complexity index is 72.6. The topological polar surface area (TPSA) is 0 Å². The molecule has 0 N–H and O–H groups in total. The predicted molar refractivity (Wildman–Crippen MR) is 48.9 cm³/mol. The van der Waals surface area contributed by atoms with Crippen molar-refractivity contribution in [2.75, 3.05) is 0 Å². The third kappa shape index (κ3) is 9.82. The predicted octanol–water partition coefficient (Wildman–Crippen LogP) is 2.79. The van der Waals surface area contributed by atoms with Gasteiger partial charge >= 0.3 is 0 Å². The number of halogens is 1. The van der Waals surface area contributed by atoms with Gasteiger partial charge in [0.25, 0.3) is 0 Å². The lowest BCUT2D eigenvalue weighted by Gasteiger charge is -1.93. The van der Waals surface area contributed by atoms with Gasteiger partial charge in [-0.3, -0.25) is 0 Å².